The predicted molar refractivity (Wildman–Crippen MR) is 118 cm³/mol. The van der Waals surface area contributed by atoms with Gasteiger partial charge in [-0.25, -0.2) is 9.37 Å². The molecule has 1 aliphatic rings. The molecule has 3 aromatic rings. The van der Waals surface area contributed by atoms with Crippen molar-refractivity contribution < 1.29 is 9.18 Å². The Labute approximate surface area is 180 Å². The van der Waals surface area contributed by atoms with Gasteiger partial charge in [0.2, 0.25) is 0 Å². The van der Waals surface area contributed by atoms with E-state index in [0.717, 1.165) is 38.3 Å². The summed E-state index contributed by atoms with van der Waals surface area (Å²) >= 11 is 1.27. The Kier molecular flexibility index (Phi) is 6.52. The summed E-state index contributed by atoms with van der Waals surface area (Å²) in [7, 11) is 2.16. The highest BCUT2D eigenvalue weighted by Gasteiger charge is 2.15. The molecule has 1 fully saturated rings. The number of carbonyl (C=O) groups excluding carboxylic acids is 1. The number of piperazine rings is 1. The molecule has 156 valence electrons. The number of aromatic nitrogens is 1. The van der Waals surface area contributed by atoms with Gasteiger partial charge in [0, 0.05) is 50.2 Å². The fraction of sp³-hybridized carbons (Fsp3) is 0.304. The number of rotatable bonds is 6. The first-order valence-corrected chi connectivity index (χ1v) is 10.9. The number of hydrogen-bond acceptors (Lipinski definition) is 5. The molecule has 4 rings (SSSR count). The van der Waals surface area contributed by atoms with Crippen LogP contribution in [0, 0.1) is 5.82 Å². The van der Waals surface area contributed by atoms with Crippen molar-refractivity contribution in [3.8, 4) is 10.6 Å². The van der Waals surface area contributed by atoms with Gasteiger partial charge >= 0.3 is 0 Å². The molecule has 0 unspecified atom stereocenters. The zero-order valence-corrected chi connectivity index (χ0v) is 17.8. The summed E-state index contributed by atoms with van der Waals surface area (Å²) in [6, 6.07) is 14.8. The van der Waals surface area contributed by atoms with Crippen LogP contribution in [-0.2, 0) is 13.1 Å². The van der Waals surface area contributed by atoms with Crippen LogP contribution in [0.1, 0.15) is 21.6 Å². The molecule has 2 aromatic carbocycles. The number of amides is 1. The van der Waals surface area contributed by atoms with Crippen LogP contribution in [0.15, 0.2) is 53.9 Å². The zero-order chi connectivity index (χ0) is 20.9. The second kappa shape index (κ2) is 9.47. The predicted octanol–water partition coefficient (Wildman–Crippen LogP) is 3.63. The van der Waals surface area contributed by atoms with Crippen molar-refractivity contribution in [1.82, 2.24) is 20.1 Å². The summed E-state index contributed by atoms with van der Waals surface area (Å²) in [5.41, 5.74) is 3.03. The molecule has 30 heavy (non-hydrogen) atoms. The summed E-state index contributed by atoms with van der Waals surface area (Å²) < 4.78 is 13.9. The van der Waals surface area contributed by atoms with E-state index < -0.39 is 0 Å². The second-order valence-electron chi connectivity index (χ2n) is 7.60. The molecule has 2 heterocycles. The molecule has 1 amide bonds. The fourth-order valence-electron chi connectivity index (χ4n) is 3.51. The molecule has 0 atom stereocenters. The summed E-state index contributed by atoms with van der Waals surface area (Å²) in [5, 5.41) is 5.10. The van der Waals surface area contributed by atoms with Gasteiger partial charge in [-0.3, -0.25) is 9.69 Å². The lowest BCUT2D eigenvalue weighted by Gasteiger charge is -2.32. The topological polar surface area (TPSA) is 48.5 Å². The van der Waals surface area contributed by atoms with Crippen molar-refractivity contribution in [2.24, 2.45) is 0 Å². The molecule has 0 aliphatic carbocycles. The van der Waals surface area contributed by atoms with E-state index in [1.807, 2.05) is 12.1 Å². The minimum absolute atomic E-state index is 0.252. The Bertz CT molecular complexity index is 1010. The molecule has 7 heteroatoms. The minimum Gasteiger partial charge on any atom is -0.347 e. The highest BCUT2D eigenvalue weighted by Crippen LogP contribution is 2.26. The lowest BCUT2D eigenvalue weighted by molar-refractivity contribution is 0.0946. The quantitative estimate of drug-likeness (QED) is 0.657. The number of nitrogens with zero attached hydrogens (tertiary/aromatic N) is 3. The van der Waals surface area contributed by atoms with Crippen LogP contribution in [0.3, 0.4) is 0 Å². The maximum absolute atomic E-state index is 13.9. The SMILES string of the molecule is CN1CCN(Cc2cccc(CNC(=O)c3csc(-c4ccccc4F)n3)c2)CC1. The molecule has 1 aliphatic heterocycles. The summed E-state index contributed by atoms with van der Waals surface area (Å²) in [6.45, 7) is 5.70. The van der Waals surface area contributed by atoms with E-state index in [-0.39, 0.29) is 11.7 Å². The van der Waals surface area contributed by atoms with E-state index in [2.05, 4.69) is 39.3 Å². The molecule has 0 radical (unpaired) electrons. The number of hydrogen-bond donors (Lipinski definition) is 1. The second-order valence-corrected chi connectivity index (χ2v) is 8.46. The molecule has 1 N–H and O–H groups in total. The molecule has 0 saturated carbocycles. The Hall–Kier alpha value is -2.61. The van der Waals surface area contributed by atoms with E-state index in [0.29, 0.717) is 22.8 Å². The average molecular weight is 425 g/mol. The zero-order valence-electron chi connectivity index (χ0n) is 17.0. The largest absolute Gasteiger partial charge is 0.347 e. The minimum atomic E-state index is -0.337. The van der Waals surface area contributed by atoms with Crippen LogP contribution < -0.4 is 5.32 Å². The lowest BCUT2D eigenvalue weighted by atomic mass is 10.1. The van der Waals surface area contributed by atoms with E-state index in [9.17, 15) is 9.18 Å². The highest BCUT2D eigenvalue weighted by atomic mass is 32.1. The van der Waals surface area contributed by atoms with E-state index in [1.165, 1.54) is 23.0 Å². The molecule has 1 saturated heterocycles. The van der Waals surface area contributed by atoms with Crippen LogP contribution >= 0.6 is 11.3 Å². The number of halogens is 1. The van der Waals surface area contributed by atoms with Gasteiger partial charge in [-0.05, 0) is 30.3 Å². The van der Waals surface area contributed by atoms with Crippen molar-refractivity contribution in [2.75, 3.05) is 33.2 Å². The monoisotopic (exact) mass is 424 g/mol. The van der Waals surface area contributed by atoms with Crippen molar-refractivity contribution in [3.63, 3.8) is 0 Å². The van der Waals surface area contributed by atoms with Crippen LogP contribution in [0.25, 0.3) is 10.6 Å². The van der Waals surface area contributed by atoms with Crippen LogP contribution in [0.5, 0.6) is 0 Å². The number of benzene rings is 2. The van der Waals surface area contributed by atoms with Gasteiger partial charge in [-0.15, -0.1) is 11.3 Å². The van der Waals surface area contributed by atoms with Crippen molar-refractivity contribution >= 4 is 17.2 Å². The molecular formula is C23H25FN4OS. The highest BCUT2D eigenvalue weighted by molar-refractivity contribution is 7.13. The van der Waals surface area contributed by atoms with Crippen LogP contribution in [-0.4, -0.2) is 53.9 Å². The summed E-state index contributed by atoms with van der Waals surface area (Å²) in [5.74, 6) is -0.589. The maximum atomic E-state index is 13.9. The van der Waals surface area contributed by atoms with Gasteiger partial charge in [0.15, 0.2) is 0 Å². The Morgan fingerprint density at radius 1 is 1.10 bits per heavy atom. The number of thiazole rings is 1. The maximum Gasteiger partial charge on any atom is 0.271 e. The first-order chi connectivity index (χ1) is 14.6. The number of carbonyl (C=O) groups is 1. The third kappa shape index (κ3) is 5.11. The Morgan fingerprint density at radius 3 is 2.67 bits per heavy atom. The van der Waals surface area contributed by atoms with E-state index in [4.69, 9.17) is 0 Å². The average Bonchev–Trinajstić information content (AvgIpc) is 3.24. The molecule has 0 bridgehead atoms. The van der Waals surface area contributed by atoms with Gasteiger partial charge in [-0.2, -0.15) is 0 Å². The Balaban J connectivity index is 1.35. The standard InChI is InChI=1S/C23H25FN4OS/c1-27-9-11-28(12-10-27)15-18-6-4-5-17(13-18)14-25-22(29)21-16-30-23(26-21)19-7-2-3-8-20(19)24/h2-8,13,16H,9-12,14-15H2,1H3,(H,25,29). The van der Waals surface area contributed by atoms with Crippen molar-refractivity contribution in [2.45, 2.75) is 13.1 Å². The fourth-order valence-corrected chi connectivity index (χ4v) is 4.34. The van der Waals surface area contributed by atoms with Crippen LogP contribution in [0.2, 0.25) is 0 Å². The van der Waals surface area contributed by atoms with Gasteiger partial charge < -0.3 is 10.2 Å². The van der Waals surface area contributed by atoms with E-state index in [1.54, 1.807) is 23.6 Å². The number of likely N-dealkylation sites (N-methyl/N-ethyl adjacent to an activating group) is 1. The third-order valence-corrected chi connectivity index (χ3v) is 6.16. The molecule has 0 spiro atoms. The smallest absolute Gasteiger partial charge is 0.271 e. The normalized spacial score (nSPS) is 15.3. The first kappa shape index (κ1) is 20.7. The summed E-state index contributed by atoms with van der Waals surface area (Å²) in [6.07, 6.45) is 0. The van der Waals surface area contributed by atoms with Gasteiger partial charge in [0.05, 0.1) is 0 Å². The molecular weight excluding hydrogens is 399 g/mol. The van der Waals surface area contributed by atoms with Gasteiger partial charge in [0.1, 0.15) is 16.5 Å². The van der Waals surface area contributed by atoms with E-state index >= 15 is 0 Å². The first-order valence-electron chi connectivity index (χ1n) is 10.1. The van der Waals surface area contributed by atoms with Gasteiger partial charge in [0.25, 0.3) is 5.91 Å². The van der Waals surface area contributed by atoms with Crippen LogP contribution in [0.4, 0.5) is 4.39 Å². The summed E-state index contributed by atoms with van der Waals surface area (Å²) in [4.78, 5) is 21.6. The third-order valence-electron chi connectivity index (χ3n) is 5.29. The number of nitrogens with one attached hydrogen (secondary N) is 1. The molecule has 5 nitrogen and oxygen atoms in total. The van der Waals surface area contributed by atoms with Crippen molar-refractivity contribution in [3.05, 3.63) is 76.5 Å². The van der Waals surface area contributed by atoms with Crippen molar-refractivity contribution in [1.29, 1.82) is 0 Å². The molecule has 1 aromatic heterocycles. The van der Waals surface area contributed by atoms with Gasteiger partial charge in [-0.1, -0.05) is 36.4 Å². The lowest BCUT2D eigenvalue weighted by Crippen LogP contribution is -2.43. The Morgan fingerprint density at radius 2 is 1.87 bits per heavy atom.